The third-order valence-corrected chi connectivity index (χ3v) is 2.39. The molecule has 1 aliphatic rings. The van der Waals surface area contributed by atoms with Gasteiger partial charge in [0.1, 0.15) is 6.04 Å². The number of imide groups is 1. The Morgan fingerprint density at radius 3 is 2.50 bits per heavy atom. The number of hydrogen-bond acceptors (Lipinski definition) is 2. The predicted molar refractivity (Wildman–Crippen MR) is 44.5 cm³/mol. The highest BCUT2D eigenvalue weighted by Gasteiger charge is 2.37. The van der Waals surface area contributed by atoms with Crippen LogP contribution in [0.4, 0.5) is 4.79 Å². The molecule has 1 aliphatic heterocycles. The summed E-state index contributed by atoms with van der Waals surface area (Å²) >= 11 is 0. The Hall–Kier alpha value is -1.06. The van der Waals surface area contributed by atoms with E-state index < -0.39 is 0 Å². The van der Waals surface area contributed by atoms with Gasteiger partial charge in [0.25, 0.3) is 5.91 Å². The molecule has 68 valence electrons. The van der Waals surface area contributed by atoms with Crippen molar-refractivity contribution in [1.82, 2.24) is 10.2 Å². The maximum Gasteiger partial charge on any atom is 0.324 e. The molecule has 3 amide bonds. The van der Waals surface area contributed by atoms with E-state index in [0.717, 1.165) is 11.3 Å². The second-order valence-electron chi connectivity index (χ2n) is 3.21. The van der Waals surface area contributed by atoms with Crippen molar-refractivity contribution >= 4 is 11.9 Å². The van der Waals surface area contributed by atoms with Gasteiger partial charge in [-0.2, -0.15) is 0 Å². The first-order valence-electron chi connectivity index (χ1n) is 4.16. The van der Waals surface area contributed by atoms with Crippen molar-refractivity contribution in [2.24, 2.45) is 5.92 Å². The number of nitrogens with zero attached hydrogens (tertiary/aromatic N) is 1. The monoisotopic (exact) mass is 170 g/mol. The molecule has 1 saturated heterocycles. The van der Waals surface area contributed by atoms with E-state index in [2.05, 4.69) is 5.32 Å². The molecule has 0 aliphatic carbocycles. The zero-order valence-corrected chi connectivity index (χ0v) is 7.63. The second kappa shape index (κ2) is 3.13. The summed E-state index contributed by atoms with van der Waals surface area (Å²) in [5.74, 6) is 0.0979. The number of nitrogens with one attached hydrogen (secondary N) is 1. The van der Waals surface area contributed by atoms with Gasteiger partial charge < -0.3 is 5.32 Å². The van der Waals surface area contributed by atoms with Crippen LogP contribution in [0.3, 0.4) is 0 Å². The normalized spacial score (nSPS) is 25.9. The fourth-order valence-electron chi connectivity index (χ4n) is 1.22. The zero-order chi connectivity index (χ0) is 9.30. The van der Waals surface area contributed by atoms with E-state index in [1.807, 2.05) is 13.8 Å². The number of hydrogen-bond donors (Lipinski definition) is 1. The van der Waals surface area contributed by atoms with Crippen LogP contribution < -0.4 is 5.32 Å². The zero-order valence-electron chi connectivity index (χ0n) is 7.63. The summed E-state index contributed by atoms with van der Waals surface area (Å²) in [4.78, 5) is 23.5. The first kappa shape index (κ1) is 9.03. The SMILES string of the molecule is CCC(C)C1NC(=O)N(C)C1=O. The minimum absolute atomic E-state index is 0.116. The van der Waals surface area contributed by atoms with Crippen LogP contribution in [0.1, 0.15) is 20.3 Å². The van der Waals surface area contributed by atoms with E-state index >= 15 is 0 Å². The van der Waals surface area contributed by atoms with E-state index in [9.17, 15) is 9.59 Å². The first-order chi connectivity index (χ1) is 5.57. The van der Waals surface area contributed by atoms with Gasteiger partial charge in [-0.25, -0.2) is 4.79 Å². The molecule has 0 aromatic rings. The molecule has 0 radical (unpaired) electrons. The minimum Gasteiger partial charge on any atom is -0.326 e. The number of carbonyl (C=O) groups is 2. The Labute approximate surface area is 71.9 Å². The third kappa shape index (κ3) is 1.29. The van der Waals surface area contributed by atoms with Crippen LogP contribution >= 0.6 is 0 Å². The summed E-state index contributed by atoms with van der Waals surface area (Å²) < 4.78 is 0. The molecule has 12 heavy (non-hydrogen) atoms. The van der Waals surface area contributed by atoms with Gasteiger partial charge in [0, 0.05) is 7.05 Å². The molecule has 0 saturated carbocycles. The molecule has 0 aromatic heterocycles. The highest BCUT2D eigenvalue weighted by molar-refractivity contribution is 6.03. The van der Waals surface area contributed by atoms with E-state index in [4.69, 9.17) is 0 Å². The Balaban J connectivity index is 2.71. The fourth-order valence-corrected chi connectivity index (χ4v) is 1.22. The van der Waals surface area contributed by atoms with Gasteiger partial charge in [-0.15, -0.1) is 0 Å². The van der Waals surface area contributed by atoms with Crippen LogP contribution in [0.5, 0.6) is 0 Å². The highest BCUT2D eigenvalue weighted by atomic mass is 16.2. The van der Waals surface area contributed by atoms with Gasteiger partial charge in [0.2, 0.25) is 0 Å². The molecule has 4 nitrogen and oxygen atoms in total. The van der Waals surface area contributed by atoms with Crippen molar-refractivity contribution in [2.75, 3.05) is 7.05 Å². The minimum atomic E-state index is -0.313. The average molecular weight is 170 g/mol. The summed E-state index contributed by atoms with van der Waals surface area (Å²) in [7, 11) is 1.50. The Morgan fingerprint density at radius 2 is 2.17 bits per heavy atom. The standard InChI is InChI=1S/C8H14N2O2/c1-4-5(2)6-7(11)10(3)8(12)9-6/h5-6H,4H2,1-3H3,(H,9,12). The number of urea groups is 1. The van der Waals surface area contributed by atoms with Crippen molar-refractivity contribution < 1.29 is 9.59 Å². The summed E-state index contributed by atoms with van der Waals surface area (Å²) in [5.41, 5.74) is 0. The van der Waals surface area contributed by atoms with Gasteiger partial charge in [0.05, 0.1) is 0 Å². The number of amides is 3. The lowest BCUT2D eigenvalue weighted by Gasteiger charge is -2.14. The number of rotatable bonds is 2. The lowest BCUT2D eigenvalue weighted by Crippen LogP contribution is -2.35. The molecule has 4 heteroatoms. The van der Waals surface area contributed by atoms with Crippen molar-refractivity contribution in [3.8, 4) is 0 Å². The lowest BCUT2D eigenvalue weighted by atomic mass is 9.99. The molecule has 0 bridgehead atoms. The summed E-state index contributed by atoms with van der Waals surface area (Å²) in [6.07, 6.45) is 0.893. The average Bonchev–Trinajstić information content (AvgIpc) is 2.32. The molecule has 0 aromatic carbocycles. The summed E-state index contributed by atoms with van der Waals surface area (Å²) in [6.45, 7) is 3.96. The summed E-state index contributed by atoms with van der Waals surface area (Å²) in [6, 6.07) is -0.599. The Bertz CT molecular complexity index is 215. The maximum atomic E-state index is 11.4. The predicted octanol–water partition coefficient (Wildman–Crippen LogP) is 0.583. The Kier molecular flexibility index (Phi) is 2.35. The lowest BCUT2D eigenvalue weighted by molar-refractivity contribution is -0.127. The molecule has 1 N–H and O–H groups in total. The smallest absolute Gasteiger partial charge is 0.324 e. The molecule has 2 atom stereocenters. The van der Waals surface area contributed by atoms with E-state index in [1.54, 1.807) is 0 Å². The second-order valence-corrected chi connectivity index (χ2v) is 3.21. The third-order valence-electron chi connectivity index (χ3n) is 2.39. The van der Waals surface area contributed by atoms with Crippen LogP contribution in [-0.4, -0.2) is 29.9 Å². The highest BCUT2D eigenvalue weighted by Crippen LogP contribution is 2.14. The first-order valence-corrected chi connectivity index (χ1v) is 4.16. The van der Waals surface area contributed by atoms with Crippen LogP contribution in [0.15, 0.2) is 0 Å². The van der Waals surface area contributed by atoms with Crippen molar-refractivity contribution in [3.63, 3.8) is 0 Å². The quantitative estimate of drug-likeness (QED) is 0.616. The summed E-state index contributed by atoms with van der Waals surface area (Å²) in [5, 5.41) is 2.64. The number of carbonyl (C=O) groups excluding carboxylic acids is 2. The Morgan fingerprint density at radius 1 is 1.58 bits per heavy atom. The van der Waals surface area contributed by atoms with E-state index in [1.165, 1.54) is 7.05 Å². The topological polar surface area (TPSA) is 49.4 Å². The largest absolute Gasteiger partial charge is 0.326 e. The van der Waals surface area contributed by atoms with Crippen LogP contribution in [0.2, 0.25) is 0 Å². The van der Waals surface area contributed by atoms with Gasteiger partial charge in [-0.3, -0.25) is 9.69 Å². The van der Waals surface area contributed by atoms with E-state index in [0.29, 0.717) is 0 Å². The van der Waals surface area contributed by atoms with E-state index in [-0.39, 0.29) is 23.9 Å². The molecule has 2 unspecified atom stereocenters. The fraction of sp³-hybridized carbons (Fsp3) is 0.750. The van der Waals surface area contributed by atoms with Gasteiger partial charge >= 0.3 is 6.03 Å². The maximum absolute atomic E-state index is 11.4. The van der Waals surface area contributed by atoms with Crippen molar-refractivity contribution in [3.05, 3.63) is 0 Å². The van der Waals surface area contributed by atoms with Gasteiger partial charge in [-0.05, 0) is 5.92 Å². The molecule has 1 fully saturated rings. The van der Waals surface area contributed by atoms with Crippen LogP contribution in [0, 0.1) is 5.92 Å². The molecule has 0 spiro atoms. The number of likely N-dealkylation sites (N-methyl/N-ethyl adjacent to an activating group) is 1. The van der Waals surface area contributed by atoms with Crippen LogP contribution in [0.25, 0.3) is 0 Å². The van der Waals surface area contributed by atoms with Crippen molar-refractivity contribution in [1.29, 1.82) is 0 Å². The van der Waals surface area contributed by atoms with Gasteiger partial charge in [-0.1, -0.05) is 20.3 Å². The van der Waals surface area contributed by atoms with Crippen molar-refractivity contribution in [2.45, 2.75) is 26.3 Å². The van der Waals surface area contributed by atoms with Crippen LogP contribution in [-0.2, 0) is 4.79 Å². The van der Waals surface area contributed by atoms with Gasteiger partial charge in [0.15, 0.2) is 0 Å². The molecule has 1 rings (SSSR count). The molecular weight excluding hydrogens is 156 g/mol. The molecular formula is C8H14N2O2. The molecule has 1 heterocycles.